The van der Waals surface area contributed by atoms with Crippen molar-refractivity contribution in [2.45, 2.75) is 51.5 Å². The zero-order valence-corrected chi connectivity index (χ0v) is 17.1. The monoisotopic (exact) mass is 446 g/mol. The van der Waals surface area contributed by atoms with Crippen molar-refractivity contribution in [3.63, 3.8) is 0 Å². The lowest BCUT2D eigenvalue weighted by molar-refractivity contribution is 0.218. The molecule has 0 saturated carbocycles. The van der Waals surface area contributed by atoms with E-state index in [1.165, 1.54) is 38.5 Å². The van der Waals surface area contributed by atoms with E-state index >= 15 is 0 Å². The molecule has 5 nitrogen and oxygen atoms in total. The predicted molar refractivity (Wildman–Crippen MR) is 109 cm³/mol. The van der Waals surface area contributed by atoms with Crippen LogP contribution in [0.2, 0.25) is 0 Å². The first-order chi connectivity index (χ1) is 11.2. The summed E-state index contributed by atoms with van der Waals surface area (Å²) in [7, 11) is 0. The number of hydrogen-bond acceptors (Lipinski definition) is 3. The van der Waals surface area contributed by atoms with Gasteiger partial charge in [0.05, 0.1) is 12.6 Å². The van der Waals surface area contributed by atoms with Gasteiger partial charge in [-0.3, -0.25) is 9.89 Å². The van der Waals surface area contributed by atoms with Crippen molar-refractivity contribution in [3.05, 3.63) is 23.7 Å². The van der Waals surface area contributed by atoms with Crippen LogP contribution in [-0.4, -0.2) is 48.5 Å². The van der Waals surface area contributed by atoms with Crippen molar-refractivity contribution in [1.82, 2.24) is 9.80 Å². The van der Waals surface area contributed by atoms with Gasteiger partial charge in [-0.1, -0.05) is 12.8 Å². The van der Waals surface area contributed by atoms with E-state index in [2.05, 4.69) is 15.9 Å². The molecule has 2 N–H and O–H groups in total. The quantitative estimate of drug-likeness (QED) is 0.437. The van der Waals surface area contributed by atoms with Crippen LogP contribution in [0.25, 0.3) is 0 Å². The second kappa shape index (κ2) is 9.65. The van der Waals surface area contributed by atoms with Crippen LogP contribution in [-0.2, 0) is 0 Å². The fraction of sp³-hybridized carbons (Fsp3) is 0.722. The number of aryl methyl sites for hydroxylation is 1. The number of likely N-dealkylation sites (tertiary alicyclic amines) is 2. The van der Waals surface area contributed by atoms with Crippen LogP contribution in [0.1, 0.15) is 56.1 Å². The third-order valence-electron chi connectivity index (χ3n) is 5.03. The van der Waals surface area contributed by atoms with Crippen LogP contribution in [0.4, 0.5) is 0 Å². The summed E-state index contributed by atoms with van der Waals surface area (Å²) in [5.41, 5.74) is 6.27. The van der Waals surface area contributed by atoms with Crippen LogP contribution in [0.3, 0.4) is 0 Å². The lowest BCUT2D eigenvalue weighted by Crippen LogP contribution is -2.39. The molecule has 1 atom stereocenters. The van der Waals surface area contributed by atoms with E-state index in [0.29, 0.717) is 12.5 Å². The number of nitrogens with two attached hydrogens (primary N) is 1. The minimum Gasteiger partial charge on any atom is -0.465 e. The molecule has 1 aromatic rings. The van der Waals surface area contributed by atoms with Gasteiger partial charge in [-0.25, -0.2) is 0 Å². The molecule has 0 spiro atoms. The molecule has 3 heterocycles. The van der Waals surface area contributed by atoms with Gasteiger partial charge in [0, 0.05) is 13.1 Å². The highest BCUT2D eigenvalue weighted by Gasteiger charge is 2.26. The molecule has 24 heavy (non-hydrogen) atoms. The van der Waals surface area contributed by atoms with Gasteiger partial charge in [-0.15, -0.1) is 24.0 Å². The maximum atomic E-state index is 6.27. The Morgan fingerprint density at radius 1 is 1.08 bits per heavy atom. The molecule has 2 saturated heterocycles. The van der Waals surface area contributed by atoms with Crippen molar-refractivity contribution >= 4 is 29.9 Å². The van der Waals surface area contributed by atoms with Gasteiger partial charge >= 0.3 is 0 Å². The third-order valence-corrected chi connectivity index (χ3v) is 5.03. The molecule has 2 aliphatic heterocycles. The topological polar surface area (TPSA) is 58.0 Å². The molecular weight excluding hydrogens is 415 g/mol. The summed E-state index contributed by atoms with van der Waals surface area (Å²) in [6.07, 6.45) is 7.60. The summed E-state index contributed by atoms with van der Waals surface area (Å²) in [6.45, 7) is 7.04. The van der Waals surface area contributed by atoms with Gasteiger partial charge in [0.2, 0.25) is 0 Å². The van der Waals surface area contributed by atoms with Crippen molar-refractivity contribution in [1.29, 1.82) is 0 Å². The molecule has 3 rings (SSSR count). The van der Waals surface area contributed by atoms with Crippen LogP contribution in [0, 0.1) is 6.92 Å². The van der Waals surface area contributed by atoms with Gasteiger partial charge in [0.1, 0.15) is 11.5 Å². The highest BCUT2D eigenvalue weighted by molar-refractivity contribution is 14.0. The Morgan fingerprint density at radius 3 is 2.29 bits per heavy atom. The van der Waals surface area contributed by atoms with E-state index in [4.69, 9.17) is 15.1 Å². The molecule has 0 bridgehead atoms. The fourth-order valence-corrected chi connectivity index (χ4v) is 3.65. The highest BCUT2D eigenvalue weighted by atomic mass is 127. The van der Waals surface area contributed by atoms with Crippen molar-refractivity contribution < 1.29 is 4.42 Å². The number of furan rings is 1. The van der Waals surface area contributed by atoms with Crippen LogP contribution >= 0.6 is 24.0 Å². The first-order valence-electron chi connectivity index (χ1n) is 9.09. The second-order valence-corrected chi connectivity index (χ2v) is 6.81. The van der Waals surface area contributed by atoms with Gasteiger partial charge in [-0.2, -0.15) is 0 Å². The van der Waals surface area contributed by atoms with Crippen LogP contribution < -0.4 is 5.73 Å². The maximum absolute atomic E-state index is 6.27. The SMILES string of the molecule is Cc1ccc(C(CN=C(N)N2CCCCCC2)N2CCCC2)o1.I. The van der Waals surface area contributed by atoms with Gasteiger partial charge in [0.15, 0.2) is 5.96 Å². The molecule has 0 amide bonds. The van der Waals surface area contributed by atoms with E-state index in [0.717, 1.165) is 37.7 Å². The zero-order valence-electron chi connectivity index (χ0n) is 14.7. The average Bonchev–Trinajstić information content (AvgIpc) is 3.14. The second-order valence-electron chi connectivity index (χ2n) is 6.81. The molecule has 1 unspecified atom stereocenters. The summed E-state index contributed by atoms with van der Waals surface area (Å²) in [6, 6.07) is 4.35. The molecule has 0 radical (unpaired) electrons. The fourth-order valence-electron chi connectivity index (χ4n) is 3.65. The Morgan fingerprint density at radius 2 is 1.71 bits per heavy atom. The summed E-state index contributed by atoms with van der Waals surface area (Å²) >= 11 is 0. The summed E-state index contributed by atoms with van der Waals surface area (Å²) in [5.74, 6) is 2.70. The third kappa shape index (κ3) is 5.12. The van der Waals surface area contributed by atoms with Crippen molar-refractivity contribution in [3.8, 4) is 0 Å². The van der Waals surface area contributed by atoms with Crippen LogP contribution in [0.5, 0.6) is 0 Å². The van der Waals surface area contributed by atoms with Crippen LogP contribution in [0.15, 0.2) is 21.5 Å². The number of nitrogens with zero attached hydrogens (tertiary/aromatic N) is 3. The van der Waals surface area contributed by atoms with E-state index in [1.54, 1.807) is 0 Å². The van der Waals surface area contributed by atoms with Gasteiger partial charge in [-0.05, 0) is 57.8 Å². The van der Waals surface area contributed by atoms with Crippen molar-refractivity contribution in [2.24, 2.45) is 10.7 Å². The standard InChI is InChI=1S/C18H30N4O.HI/c1-15-8-9-17(23-15)16(21-10-6-7-11-21)14-20-18(19)22-12-4-2-3-5-13-22;/h8-9,16H,2-7,10-14H2,1H3,(H2,19,20);1H. The minimum absolute atomic E-state index is 0. The number of halogens is 1. The Labute approximate surface area is 162 Å². The smallest absolute Gasteiger partial charge is 0.191 e. The number of guanidine groups is 1. The summed E-state index contributed by atoms with van der Waals surface area (Å²) in [4.78, 5) is 9.47. The normalized spacial score (nSPS) is 21.4. The highest BCUT2D eigenvalue weighted by Crippen LogP contribution is 2.27. The van der Waals surface area contributed by atoms with E-state index < -0.39 is 0 Å². The number of aliphatic imine (C=N–C) groups is 1. The number of hydrogen-bond donors (Lipinski definition) is 1. The summed E-state index contributed by atoms with van der Waals surface area (Å²) in [5, 5.41) is 0. The van der Waals surface area contributed by atoms with E-state index in [9.17, 15) is 0 Å². The Bertz CT molecular complexity index is 517. The van der Waals surface area contributed by atoms with E-state index in [-0.39, 0.29) is 30.0 Å². The van der Waals surface area contributed by atoms with Crippen molar-refractivity contribution in [2.75, 3.05) is 32.7 Å². The maximum Gasteiger partial charge on any atom is 0.191 e. The first kappa shape index (κ1) is 19.6. The Hall–Kier alpha value is -0.760. The zero-order chi connectivity index (χ0) is 16.1. The largest absolute Gasteiger partial charge is 0.465 e. The first-order valence-corrected chi connectivity index (χ1v) is 9.09. The van der Waals surface area contributed by atoms with Gasteiger partial charge < -0.3 is 15.1 Å². The molecule has 136 valence electrons. The summed E-state index contributed by atoms with van der Waals surface area (Å²) < 4.78 is 5.89. The number of rotatable bonds is 4. The molecule has 0 aliphatic carbocycles. The lowest BCUT2D eigenvalue weighted by Gasteiger charge is -2.26. The molecule has 1 aromatic heterocycles. The molecule has 0 aromatic carbocycles. The Balaban J connectivity index is 0.00000208. The minimum atomic E-state index is 0. The van der Waals surface area contributed by atoms with Gasteiger partial charge in [0.25, 0.3) is 0 Å². The molecule has 2 fully saturated rings. The van der Waals surface area contributed by atoms with E-state index in [1.807, 2.05) is 13.0 Å². The average molecular weight is 446 g/mol. The lowest BCUT2D eigenvalue weighted by atomic mass is 10.2. The molecular formula is C18H31IN4O. The molecule has 6 heteroatoms. The molecule has 2 aliphatic rings. The predicted octanol–water partition coefficient (Wildman–Crippen LogP) is 3.53. The Kier molecular flexibility index (Phi) is 7.87.